The van der Waals surface area contributed by atoms with E-state index in [1.807, 2.05) is 0 Å². The number of piperazine rings is 1. The van der Waals surface area contributed by atoms with E-state index in [-0.39, 0.29) is 23.9 Å². The number of hydrogen-bond donors (Lipinski definition) is 2. The molecule has 14 heavy (non-hydrogen) atoms. The van der Waals surface area contributed by atoms with Crippen molar-refractivity contribution in [3.05, 3.63) is 0 Å². The second-order valence-electron chi connectivity index (χ2n) is 4.65. The zero-order valence-electron chi connectivity index (χ0n) is 7.95. The highest BCUT2D eigenvalue weighted by molar-refractivity contribution is 5.97. The summed E-state index contributed by atoms with van der Waals surface area (Å²) in [6, 6.07) is -0.477. The minimum Gasteiger partial charge on any atom is -0.342 e. The summed E-state index contributed by atoms with van der Waals surface area (Å²) in [6.45, 7) is 0. The summed E-state index contributed by atoms with van der Waals surface area (Å²) in [4.78, 5) is 23.3. The van der Waals surface area contributed by atoms with Crippen LogP contribution in [-0.4, -0.2) is 23.9 Å². The van der Waals surface area contributed by atoms with Crippen LogP contribution in [-0.2, 0) is 9.59 Å². The molecule has 76 valence electrons. The van der Waals surface area contributed by atoms with Crippen LogP contribution >= 0.6 is 0 Å². The monoisotopic (exact) mass is 194 g/mol. The fourth-order valence-corrected chi connectivity index (χ4v) is 2.14. The van der Waals surface area contributed by atoms with Gasteiger partial charge in [-0.15, -0.1) is 0 Å². The quantitative estimate of drug-likeness (QED) is 0.639. The molecule has 2 N–H and O–H groups in total. The van der Waals surface area contributed by atoms with E-state index < -0.39 is 0 Å². The minimum absolute atomic E-state index is 0.0315. The third-order valence-corrected chi connectivity index (χ3v) is 3.35. The van der Waals surface area contributed by atoms with Crippen LogP contribution in [0.3, 0.4) is 0 Å². The maximum atomic E-state index is 11.6. The molecule has 2 amide bonds. The van der Waals surface area contributed by atoms with Gasteiger partial charge in [-0.25, -0.2) is 0 Å². The molecule has 4 heteroatoms. The Bertz CT molecular complexity index is 264. The molecule has 0 bridgehead atoms. The number of carbonyl (C=O) groups excluding carboxylic acids is 2. The van der Waals surface area contributed by atoms with Crippen LogP contribution in [0, 0.1) is 11.8 Å². The molecule has 0 radical (unpaired) electrons. The number of amides is 2. The Kier molecular flexibility index (Phi) is 1.60. The van der Waals surface area contributed by atoms with Gasteiger partial charge in [0.1, 0.15) is 12.1 Å². The van der Waals surface area contributed by atoms with Gasteiger partial charge in [0.2, 0.25) is 11.8 Å². The fraction of sp³-hybridized carbons (Fsp3) is 0.800. The summed E-state index contributed by atoms with van der Waals surface area (Å²) in [6.07, 6.45) is 4.30. The molecule has 3 rings (SSSR count). The lowest BCUT2D eigenvalue weighted by Crippen LogP contribution is -2.63. The van der Waals surface area contributed by atoms with Crippen molar-refractivity contribution < 1.29 is 9.59 Å². The van der Waals surface area contributed by atoms with E-state index in [1.54, 1.807) is 0 Å². The Balaban J connectivity index is 1.71. The Morgan fingerprint density at radius 1 is 0.786 bits per heavy atom. The summed E-state index contributed by atoms with van der Waals surface area (Å²) in [5.74, 6) is 0.867. The highest BCUT2D eigenvalue weighted by atomic mass is 16.2. The zero-order valence-corrected chi connectivity index (χ0v) is 7.95. The average molecular weight is 194 g/mol. The van der Waals surface area contributed by atoms with Gasteiger partial charge in [0.15, 0.2) is 0 Å². The molecule has 2 atom stereocenters. The third kappa shape index (κ3) is 1.29. The highest BCUT2D eigenvalue weighted by Gasteiger charge is 2.46. The largest absolute Gasteiger partial charge is 0.342 e. The van der Waals surface area contributed by atoms with Crippen LogP contribution in [0.5, 0.6) is 0 Å². The van der Waals surface area contributed by atoms with Gasteiger partial charge in [-0.2, -0.15) is 0 Å². The lowest BCUT2D eigenvalue weighted by atomic mass is 10.0. The first kappa shape index (κ1) is 8.26. The Labute approximate surface area is 82.4 Å². The van der Waals surface area contributed by atoms with Crippen molar-refractivity contribution in [1.29, 1.82) is 0 Å². The van der Waals surface area contributed by atoms with E-state index in [2.05, 4.69) is 10.6 Å². The van der Waals surface area contributed by atoms with Crippen LogP contribution in [0.1, 0.15) is 25.7 Å². The Morgan fingerprint density at radius 2 is 1.14 bits per heavy atom. The topological polar surface area (TPSA) is 58.2 Å². The Morgan fingerprint density at radius 3 is 1.43 bits per heavy atom. The maximum absolute atomic E-state index is 11.6. The third-order valence-electron chi connectivity index (χ3n) is 3.35. The summed E-state index contributed by atoms with van der Waals surface area (Å²) in [5.41, 5.74) is 0. The molecule has 3 fully saturated rings. The molecular formula is C10H14N2O2. The van der Waals surface area contributed by atoms with Crippen LogP contribution in [0.4, 0.5) is 0 Å². The molecule has 3 aliphatic rings. The lowest BCUT2D eigenvalue weighted by molar-refractivity contribution is -0.137. The van der Waals surface area contributed by atoms with E-state index in [4.69, 9.17) is 0 Å². The van der Waals surface area contributed by atoms with Gasteiger partial charge >= 0.3 is 0 Å². The van der Waals surface area contributed by atoms with Gasteiger partial charge in [0.25, 0.3) is 0 Å². The predicted octanol–water partition coefficient (Wildman–Crippen LogP) is -0.210. The molecule has 2 aliphatic carbocycles. The normalized spacial score (nSPS) is 37.7. The lowest BCUT2D eigenvalue weighted by Gasteiger charge is -2.29. The highest BCUT2D eigenvalue weighted by Crippen LogP contribution is 2.37. The van der Waals surface area contributed by atoms with Crippen molar-refractivity contribution in [2.75, 3.05) is 0 Å². The number of carbonyl (C=O) groups is 2. The van der Waals surface area contributed by atoms with Crippen LogP contribution in [0.25, 0.3) is 0 Å². The van der Waals surface area contributed by atoms with Crippen molar-refractivity contribution in [3.63, 3.8) is 0 Å². The molecule has 0 aromatic rings. The van der Waals surface area contributed by atoms with Gasteiger partial charge < -0.3 is 10.6 Å². The van der Waals surface area contributed by atoms with Gasteiger partial charge in [0.05, 0.1) is 0 Å². The zero-order chi connectivity index (χ0) is 9.71. The molecule has 0 aromatic carbocycles. The van der Waals surface area contributed by atoms with E-state index in [0.717, 1.165) is 25.7 Å². The summed E-state index contributed by atoms with van der Waals surface area (Å²) in [7, 11) is 0. The Hall–Kier alpha value is -1.06. The van der Waals surface area contributed by atoms with Gasteiger partial charge in [-0.1, -0.05) is 0 Å². The fourth-order valence-electron chi connectivity index (χ4n) is 2.14. The van der Waals surface area contributed by atoms with E-state index in [1.165, 1.54) is 0 Å². The molecule has 2 saturated carbocycles. The molecule has 2 unspecified atom stereocenters. The first-order valence-electron chi connectivity index (χ1n) is 5.36. The number of rotatable bonds is 2. The van der Waals surface area contributed by atoms with E-state index in [0.29, 0.717) is 11.8 Å². The van der Waals surface area contributed by atoms with Crippen molar-refractivity contribution in [1.82, 2.24) is 10.6 Å². The molecule has 4 nitrogen and oxygen atoms in total. The second-order valence-corrected chi connectivity index (χ2v) is 4.65. The molecule has 1 saturated heterocycles. The van der Waals surface area contributed by atoms with Crippen LogP contribution in [0.2, 0.25) is 0 Å². The van der Waals surface area contributed by atoms with Crippen molar-refractivity contribution in [3.8, 4) is 0 Å². The second kappa shape index (κ2) is 2.72. The molecule has 0 aromatic heterocycles. The number of hydrogen-bond acceptors (Lipinski definition) is 2. The van der Waals surface area contributed by atoms with Gasteiger partial charge in [-0.3, -0.25) is 9.59 Å². The summed E-state index contributed by atoms with van der Waals surface area (Å²) < 4.78 is 0. The van der Waals surface area contributed by atoms with Crippen molar-refractivity contribution >= 4 is 11.8 Å². The maximum Gasteiger partial charge on any atom is 0.243 e. The van der Waals surface area contributed by atoms with Crippen molar-refractivity contribution in [2.24, 2.45) is 11.8 Å². The smallest absolute Gasteiger partial charge is 0.243 e. The molecule has 1 heterocycles. The van der Waals surface area contributed by atoms with E-state index >= 15 is 0 Å². The van der Waals surface area contributed by atoms with Gasteiger partial charge in [0, 0.05) is 0 Å². The number of nitrogens with one attached hydrogen (secondary N) is 2. The predicted molar refractivity (Wildman–Crippen MR) is 49.3 cm³/mol. The van der Waals surface area contributed by atoms with Crippen molar-refractivity contribution in [2.45, 2.75) is 37.8 Å². The first-order valence-corrected chi connectivity index (χ1v) is 5.36. The first-order chi connectivity index (χ1) is 6.75. The molecule has 1 aliphatic heterocycles. The molecule has 0 spiro atoms. The van der Waals surface area contributed by atoms with Gasteiger partial charge in [-0.05, 0) is 37.5 Å². The van der Waals surface area contributed by atoms with E-state index in [9.17, 15) is 9.59 Å². The summed E-state index contributed by atoms with van der Waals surface area (Å²) in [5, 5.41) is 5.70. The SMILES string of the molecule is O=C1NC(C2CC2)C(=O)NC1C1CC1. The van der Waals surface area contributed by atoms with Crippen LogP contribution < -0.4 is 10.6 Å². The van der Waals surface area contributed by atoms with Crippen LogP contribution in [0.15, 0.2) is 0 Å². The average Bonchev–Trinajstić information content (AvgIpc) is 3.03. The standard InChI is InChI=1S/C10H14N2O2/c13-9-7(5-1-2-5)11-10(14)8(12-9)6-3-4-6/h5-8H,1-4H2,(H,11,14)(H,12,13). The minimum atomic E-state index is -0.238. The molecular weight excluding hydrogens is 180 g/mol. The summed E-state index contributed by atoms with van der Waals surface area (Å²) >= 11 is 0.